The molecule has 1 heterocycles. The summed E-state index contributed by atoms with van der Waals surface area (Å²) in [5, 5.41) is 12.2. The monoisotopic (exact) mass is 248 g/mol. The highest BCUT2D eigenvalue weighted by atomic mass is 16.5. The molecule has 0 saturated heterocycles. The van der Waals surface area contributed by atoms with Crippen molar-refractivity contribution in [3.63, 3.8) is 0 Å². The molecule has 0 atom stereocenters. The Kier molecular flexibility index (Phi) is 3.57. The van der Waals surface area contributed by atoms with Gasteiger partial charge < -0.3 is 14.4 Å². The van der Waals surface area contributed by atoms with E-state index in [9.17, 15) is 4.79 Å². The standard InChI is InChI=1S/C12H12N2O4/c1-8-2-4-9(5-3-8)17-7-10-13-11(18-14-10)6-12(15)16/h2-5H,6-7H2,1H3,(H,15,16). The quantitative estimate of drug-likeness (QED) is 0.864. The van der Waals surface area contributed by atoms with E-state index in [1.807, 2.05) is 31.2 Å². The molecular weight excluding hydrogens is 236 g/mol. The summed E-state index contributed by atoms with van der Waals surface area (Å²) in [4.78, 5) is 14.3. The predicted octanol–water partition coefficient (Wildman–Crippen LogP) is 1.58. The molecule has 6 nitrogen and oxygen atoms in total. The van der Waals surface area contributed by atoms with E-state index in [-0.39, 0.29) is 18.9 Å². The van der Waals surface area contributed by atoms with Crippen molar-refractivity contribution in [2.75, 3.05) is 0 Å². The first-order valence-corrected chi connectivity index (χ1v) is 5.36. The zero-order valence-electron chi connectivity index (χ0n) is 9.79. The van der Waals surface area contributed by atoms with Crippen LogP contribution < -0.4 is 4.74 Å². The number of hydrogen-bond acceptors (Lipinski definition) is 5. The number of rotatable bonds is 5. The second kappa shape index (κ2) is 5.31. The second-order valence-corrected chi connectivity index (χ2v) is 3.78. The summed E-state index contributed by atoms with van der Waals surface area (Å²) in [6.07, 6.45) is -0.280. The molecule has 0 radical (unpaired) electrons. The van der Waals surface area contributed by atoms with Crippen LogP contribution in [0.4, 0.5) is 0 Å². The van der Waals surface area contributed by atoms with E-state index < -0.39 is 5.97 Å². The van der Waals surface area contributed by atoms with Crippen molar-refractivity contribution >= 4 is 5.97 Å². The topological polar surface area (TPSA) is 85.5 Å². The van der Waals surface area contributed by atoms with Gasteiger partial charge in [0.25, 0.3) is 0 Å². The van der Waals surface area contributed by atoms with E-state index in [2.05, 4.69) is 10.1 Å². The van der Waals surface area contributed by atoms with Crippen LogP contribution in [-0.2, 0) is 17.8 Å². The van der Waals surface area contributed by atoms with E-state index in [1.54, 1.807) is 0 Å². The highest BCUT2D eigenvalue weighted by molar-refractivity contribution is 5.68. The molecule has 2 rings (SSSR count). The molecule has 6 heteroatoms. The van der Waals surface area contributed by atoms with E-state index >= 15 is 0 Å². The number of carboxylic acid groups (broad SMARTS) is 1. The summed E-state index contributed by atoms with van der Waals surface area (Å²) in [6.45, 7) is 2.13. The zero-order chi connectivity index (χ0) is 13.0. The third kappa shape index (κ3) is 3.31. The van der Waals surface area contributed by atoms with E-state index in [4.69, 9.17) is 14.4 Å². The van der Waals surface area contributed by atoms with E-state index in [0.29, 0.717) is 11.6 Å². The summed E-state index contributed by atoms with van der Waals surface area (Å²) < 4.78 is 10.2. The normalized spacial score (nSPS) is 10.3. The average molecular weight is 248 g/mol. The average Bonchev–Trinajstić information content (AvgIpc) is 2.75. The summed E-state index contributed by atoms with van der Waals surface area (Å²) in [7, 11) is 0. The Labute approximate surface area is 103 Å². The maximum absolute atomic E-state index is 10.4. The maximum Gasteiger partial charge on any atom is 0.312 e. The lowest BCUT2D eigenvalue weighted by molar-refractivity contribution is -0.136. The van der Waals surface area contributed by atoms with Crippen LogP contribution in [0.2, 0.25) is 0 Å². The molecule has 2 aromatic rings. The van der Waals surface area contributed by atoms with Crippen molar-refractivity contribution < 1.29 is 19.2 Å². The summed E-state index contributed by atoms with van der Waals surface area (Å²) in [6, 6.07) is 7.55. The van der Waals surface area contributed by atoms with E-state index in [0.717, 1.165) is 5.56 Å². The first-order chi connectivity index (χ1) is 8.63. The van der Waals surface area contributed by atoms with Gasteiger partial charge >= 0.3 is 5.97 Å². The molecule has 0 aliphatic heterocycles. The molecule has 0 spiro atoms. The molecule has 0 saturated carbocycles. The second-order valence-electron chi connectivity index (χ2n) is 3.78. The first-order valence-electron chi connectivity index (χ1n) is 5.36. The van der Waals surface area contributed by atoms with Crippen molar-refractivity contribution in [3.05, 3.63) is 41.5 Å². The van der Waals surface area contributed by atoms with Crippen LogP contribution in [-0.4, -0.2) is 21.2 Å². The lowest BCUT2D eigenvalue weighted by Gasteiger charge is -2.02. The van der Waals surface area contributed by atoms with Crippen molar-refractivity contribution in [3.8, 4) is 5.75 Å². The molecule has 0 unspecified atom stereocenters. The highest BCUT2D eigenvalue weighted by Gasteiger charge is 2.10. The Morgan fingerprint density at radius 3 is 2.78 bits per heavy atom. The smallest absolute Gasteiger partial charge is 0.312 e. The molecule has 1 N–H and O–H groups in total. The van der Waals surface area contributed by atoms with Gasteiger partial charge in [-0.25, -0.2) is 0 Å². The lowest BCUT2D eigenvalue weighted by atomic mass is 10.2. The van der Waals surface area contributed by atoms with Crippen LogP contribution >= 0.6 is 0 Å². The minimum absolute atomic E-state index is 0.0741. The molecule has 0 aliphatic carbocycles. The number of benzene rings is 1. The van der Waals surface area contributed by atoms with Gasteiger partial charge in [0.2, 0.25) is 11.7 Å². The van der Waals surface area contributed by atoms with Gasteiger partial charge in [0.05, 0.1) is 0 Å². The number of aryl methyl sites for hydroxylation is 1. The molecule has 0 amide bonds. The molecule has 1 aromatic heterocycles. The van der Waals surface area contributed by atoms with Crippen LogP contribution in [0.1, 0.15) is 17.3 Å². The van der Waals surface area contributed by atoms with Gasteiger partial charge in [-0.2, -0.15) is 4.98 Å². The largest absolute Gasteiger partial charge is 0.485 e. The third-order valence-corrected chi connectivity index (χ3v) is 2.20. The number of nitrogens with zero attached hydrogens (tertiary/aromatic N) is 2. The molecule has 0 aliphatic rings. The molecule has 94 valence electrons. The van der Waals surface area contributed by atoms with Crippen molar-refractivity contribution in [2.45, 2.75) is 20.0 Å². The first kappa shape index (κ1) is 12.1. The molecule has 18 heavy (non-hydrogen) atoms. The van der Waals surface area contributed by atoms with Gasteiger partial charge in [-0.3, -0.25) is 4.79 Å². The lowest BCUT2D eigenvalue weighted by Crippen LogP contribution is -2.01. The fourth-order valence-corrected chi connectivity index (χ4v) is 1.33. The van der Waals surface area contributed by atoms with Gasteiger partial charge in [-0.15, -0.1) is 0 Å². The number of carboxylic acids is 1. The number of aliphatic carboxylic acids is 1. The SMILES string of the molecule is Cc1ccc(OCc2noc(CC(=O)O)n2)cc1. The van der Waals surface area contributed by atoms with Gasteiger partial charge in [0, 0.05) is 0 Å². The minimum Gasteiger partial charge on any atom is -0.485 e. The van der Waals surface area contributed by atoms with Gasteiger partial charge in [0.15, 0.2) is 6.61 Å². The Bertz CT molecular complexity index is 533. The van der Waals surface area contributed by atoms with Crippen molar-refractivity contribution in [1.82, 2.24) is 10.1 Å². The van der Waals surface area contributed by atoms with Crippen molar-refractivity contribution in [1.29, 1.82) is 0 Å². The Hall–Kier alpha value is -2.37. The zero-order valence-corrected chi connectivity index (χ0v) is 9.79. The third-order valence-electron chi connectivity index (χ3n) is 2.20. The van der Waals surface area contributed by atoms with E-state index in [1.165, 1.54) is 0 Å². The van der Waals surface area contributed by atoms with Crippen LogP contribution in [0.3, 0.4) is 0 Å². The number of hydrogen-bond donors (Lipinski definition) is 1. The minimum atomic E-state index is -1.01. The Morgan fingerprint density at radius 2 is 2.11 bits per heavy atom. The molecular formula is C12H12N2O4. The molecule has 0 fully saturated rings. The number of aromatic nitrogens is 2. The fraction of sp³-hybridized carbons (Fsp3) is 0.250. The summed E-state index contributed by atoms with van der Waals surface area (Å²) in [5.41, 5.74) is 1.14. The van der Waals surface area contributed by atoms with Crippen LogP contribution in [0.15, 0.2) is 28.8 Å². The summed E-state index contributed by atoms with van der Waals surface area (Å²) >= 11 is 0. The van der Waals surface area contributed by atoms with Crippen LogP contribution in [0.25, 0.3) is 0 Å². The molecule has 0 bridgehead atoms. The predicted molar refractivity (Wildman–Crippen MR) is 61.1 cm³/mol. The van der Waals surface area contributed by atoms with Crippen molar-refractivity contribution in [2.24, 2.45) is 0 Å². The number of ether oxygens (including phenoxy) is 1. The van der Waals surface area contributed by atoms with Crippen LogP contribution in [0, 0.1) is 6.92 Å². The maximum atomic E-state index is 10.4. The number of carbonyl (C=O) groups is 1. The van der Waals surface area contributed by atoms with Gasteiger partial charge in [-0.05, 0) is 19.1 Å². The Balaban J connectivity index is 1.92. The highest BCUT2D eigenvalue weighted by Crippen LogP contribution is 2.12. The van der Waals surface area contributed by atoms with Gasteiger partial charge in [-0.1, -0.05) is 22.9 Å². The molecule has 1 aromatic carbocycles. The Morgan fingerprint density at radius 1 is 1.39 bits per heavy atom. The van der Waals surface area contributed by atoms with Gasteiger partial charge in [0.1, 0.15) is 12.2 Å². The van der Waals surface area contributed by atoms with Crippen LogP contribution in [0.5, 0.6) is 5.75 Å². The fourth-order valence-electron chi connectivity index (χ4n) is 1.33. The summed E-state index contributed by atoms with van der Waals surface area (Å²) in [5.74, 6) is 0.0895.